The molecule has 0 amide bonds. The Morgan fingerprint density at radius 3 is 2.12 bits per heavy atom. The molecule has 3 aromatic carbocycles. The third kappa shape index (κ3) is 3.91. The van der Waals surface area contributed by atoms with Gasteiger partial charge in [-0.1, -0.05) is 73.7 Å². The van der Waals surface area contributed by atoms with Crippen LogP contribution in [0.4, 0.5) is 4.39 Å². The first-order chi connectivity index (χ1) is 11.8. The van der Waals surface area contributed by atoms with Gasteiger partial charge in [0.15, 0.2) is 0 Å². The van der Waals surface area contributed by atoms with Gasteiger partial charge in [0.2, 0.25) is 0 Å². The van der Waals surface area contributed by atoms with Crippen molar-refractivity contribution in [3.05, 3.63) is 95.3 Å². The van der Waals surface area contributed by atoms with E-state index in [0.29, 0.717) is 11.1 Å². The summed E-state index contributed by atoms with van der Waals surface area (Å²) in [5.74, 6) is 5.90. The smallest absolute Gasteiger partial charge is 0.132 e. The summed E-state index contributed by atoms with van der Waals surface area (Å²) in [6, 6.07) is 23.0. The van der Waals surface area contributed by atoms with Gasteiger partial charge in [0, 0.05) is 16.7 Å². The monoisotopic (exact) mass is 314 g/mol. The zero-order chi connectivity index (χ0) is 16.8. The second-order valence-electron chi connectivity index (χ2n) is 5.76. The van der Waals surface area contributed by atoms with Gasteiger partial charge < -0.3 is 0 Å². The molecule has 0 saturated heterocycles. The van der Waals surface area contributed by atoms with E-state index in [1.807, 2.05) is 48.5 Å². The molecule has 0 atom stereocenters. The van der Waals surface area contributed by atoms with Gasteiger partial charge in [0.25, 0.3) is 0 Å². The van der Waals surface area contributed by atoms with E-state index >= 15 is 0 Å². The molecule has 0 aliphatic heterocycles. The minimum Gasteiger partial charge on any atom is -0.206 e. The average Bonchev–Trinajstić information content (AvgIpc) is 2.62. The maximum atomic E-state index is 14.3. The Kier molecular flexibility index (Phi) is 5.08. The van der Waals surface area contributed by atoms with Crippen molar-refractivity contribution < 1.29 is 4.39 Å². The molecule has 0 unspecified atom stereocenters. The number of benzene rings is 3. The first kappa shape index (κ1) is 16.0. The SMILES string of the molecule is CCCc1ccc(C#Cc2ccc(-c3ccccc3)c(F)c2)cc1. The maximum Gasteiger partial charge on any atom is 0.132 e. The van der Waals surface area contributed by atoms with Crippen LogP contribution in [0.5, 0.6) is 0 Å². The Balaban J connectivity index is 1.81. The Bertz CT molecular complexity index is 865. The Labute approximate surface area is 143 Å². The van der Waals surface area contributed by atoms with Crippen molar-refractivity contribution in [1.29, 1.82) is 0 Å². The lowest BCUT2D eigenvalue weighted by Crippen LogP contribution is -1.86. The number of hydrogen-bond acceptors (Lipinski definition) is 0. The molecule has 0 aromatic heterocycles. The van der Waals surface area contributed by atoms with Crippen LogP contribution in [0.1, 0.15) is 30.0 Å². The summed E-state index contributed by atoms with van der Waals surface area (Å²) < 4.78 is 14.3. The van der Waals surface area contributed by atoms with Crippen molar-refractivity contribution in [3.8, 4) is 23.0 Å². The van der Waals surface area contributed by atoms with Crippen molar-refractivity contribution >= 4 is 0 Å². The summed E-state index contributed by atoms with van der Waals surface area (Å²) in [6.45, 7) is 2.17. The first-order valence-corrected chi connectivity index (χ1v) is 8.22. The molecule has 0 nitrogen and oxygen atoms in total. The van der Waals surface area contributed by atoms with Crippen LogP contribution in [0.25, 0.3) is 11.1 Å². The molecular formula is C23H19F. The van der Waals surface area contributed by atoms with Crippen LogP contribution in [0, 0.1) is 17.7 Å². The zero-order valence-electron chi connectivity index (χ0n) is 13.7. The summed E-state index contributed by atoms with van der Waals surface area (Å²) in [7, 11) is 0. The van der Waals surface area contributed by atoms with Gasteiger partial charge in [0.1, 0.15) is 5.82 Å². The summed E-state index contributed by atoms with van der Waals surface area (Å²) in [5, 5.41) is 0. The highest BCUT2D eigenvalue weighted by atomic mass is 19.1. The topological polar surface area (TPSA) is 0 Å². The quantitative estimate of drug-likeness (QED) is 0.532. The second-order valence-corrected chi connectivity index (χ2v) is 5.76. The number of aryl methyl sites for hydroxylation is 1. The van der Waals surface area contributed by atoms with Gasteiger partial charge in [-0.15, -0.1) is 0 Å². The molecule has 0 fully saturated rings. The Morgan fingerprint density at radius 1 is 0.792 bits per heavy atom. The molecule has 0 bridgehead atoms. The van der Waals surface area contributed by atoms with E-state index < -0.39 is 0 Å². The highest BCUT2D eigenvalue weighted by molar-refractivity contribution is 5.65. The molecule has 1 heteroatoms. The van der Waals surface area contributed by atoms with E-state index in [1.165, 1.54) is 11.6 Å². The molecule has 0 aliphatic carbocycles. The van der Waals surface area contributed by atoms with E-state index in [4.69, 9.17) is 0 Å². The molecule has 3 rings (SSSR count). The van der Waals surface area contributed by atoms with E-state index in [1.54, 1.807) is 6.07 Å². The van der Waals surface area contributed by atoms with Crippen LogP contribution in [0.15, 0.2) is 72.8 Å². The van der Waals surface area contributed by atoms with Gasteiger partial charge in [-0.3, -0.25) is 0 Å². The van der Waals surface area contributed by atoms with Crippen LogP contribution >= 0.6 is 0 Å². The number of rotatable bonds is 3. The minimum atomic E-state index is -0.244. The molecule has 118 valence electrons. The van der Waals surface area contributed by atoms with Crippen LogP contribution in [0.3, 0.4) is 0 Å². The van der Waals surface area contributed by atoms with Gasteiger partial charge in [-0.05, 0) is 41.8 Å². The highest BCUT2D eigenvalue weighted by Crippen LogP contribution is 2.23. The third-order valence-corrected chi connectivity index (χ3v) is 3.90. The molecule has 0 heterocycles. The van der Waals surface area contributed by atoms with Crippen molar-refractivity contribution in [1.82, 2.24) is 0 Å². The lowest BCUT2D eigenvalue weighted by Gasteiger charge is -2.03. The van der Waals surface area contributed by atoms with Gasteiger partial charge >= 0.3 is 0 Å². The third-order valence-electron chi connectivity index (χ3n) is 3.90. The summed E-state index contributed by atoms with van der Waals surface area (Å²) in [4.78, 5) is 0. The van der Waals surface area contributed by atoms with Gasteiger partial charge in [-0.2, -0.15) is 0 Å². The molecule has 3 aromatic rings. The lowest BCUT2D eigenvalue weighted by molar-refractivity contribution is 0.631. The first-order valence-electron chi connectivity index (χ1n) is 8.22. The standard InChI is InChI=1S/C23H19F/c1-2-6-18-9-11-19(12-10-18)13-14-20-15-16-22(23(24)17-20)21-7-4-3-5-8-21/h3-5,7-12,15-17H,2,6H2,1H3. The largest absolute Gasteiger partial charge is 0.206 e. The van der Waals surface area contributed by atoms with Crippen LogP contribution in [-0.2, 0) is 6.42 Å². The van der Waals surface area contributed by atoms with Crippen LogP contribution in [-0.4, -0.2) is 0 Å². The second kappa shape index (κ2) is 7.62. The molecule has 0 spiro atoms. The summed E-state index contributed by atoms with van der Waals surface area (Å²) in [6.07, 6.45) is 2.22. The molecule has 0 saturated carbocycles. The summed E-state index contributed by atoms with van der Waals surface area (Å²) in [5.41, 5.74) is 4.43. The zero-order valence-corrected chi connectivity index (χ0v) is 13.7. The van der Waals surface area contributed by atoms with E-state index in [0.717, 1.165) is 24.0 Å². The average molecular weight is 314 g/mol. The molecular weight excluding hydrogens is 295 g/mol. The van der Waals surface area contributed by atoms with Crippen molar-refractivity contribution in [3.63, 3.8) is 0 Å². The predicted octanol–water partition coefficient (Wildman–Crippen LogP) is 5.85. The predicted molar refractivity (Wildman–Crippen MR) is 98.3 cm³/mol. The fourth-order valence-electron chi connectivity index (χ4n) is 2.63. The Hall–Kier alpha value is -2.85. The maximum absolute atomic E-state index is 14.3. The van der Waals surface area contributed by atoms with Crippen molar-refractivity contribution in [2.75, 3.05) is 0 Å². The molecule has 0 radical (unpaired) electrons. The van der Waals surface area contributed by atoms with Crippen LogP contribution in [0.2, 0.25) is 0 Å². The molecule has 24 heavy (non-hydrogen) atoms. The van der Waals surface area contributed by atoms with Gasteiger partial charge in [-0.25, -0.2) is 4.39 Å². The lowest BCUT2D eigenvalue weighted by atomic mass is 10.0. The van der Waals surface area contributed by atoms with Crippen molar-refractivity contribution in [2.45, 2.75) is 19.8 Å². The fraction of sp³-hybridized carbons (Fsp3) is 0.130. The normalized spacial score (nSPS) is 10.1. The van der Waals surface area contributed by atoms with E-state index in [-0.39, 0.29) is 5.82 Å². The minimum absolute atomic E-state index is 0.244. The molecule has 0 N–H and O–H groups in total. The van der Waals surface area contributed by atoms with E-state index in [2.05, 4.69) is 30.9 Å². The highest BCUT2D eigenvalue weighted by Gasteiger charge is 2.04. The van der Waals surface area contributed by atoms with E-state index in [9.17, 15) is 4.39 Å². The van der Waals surface area contributed by atoms with Gasteiger partial charge in [0.05, 0.1) is 0 Å². The van der Waals surface area contributed by atoms with Crippen molar-refractivity contribution in [2.24, 2.45) is 0 Å². The van der Waals surface area contributed by atoms with Crippen LogP contribution < -0.4 is 0 Å². The Morgan fingerprint density at radius 2 is 1.46 bits per heavy atom. The molecule has 0 aliphatic rings. The fourth-order valence-corrected chi connectivity index (χ4v) is 2.63. The number of hydrogen-bond donors (Lipinski definition) is 0. The number of halogens is 1. The summed E-state index contributed by atoms with van der Waals surface area (Å²) >= 11 is 0.